The smallest absolute Gasteiger partial charge is 0.103 e. The first-order valence-corrected chi connectivity index (χ1v) is 10.2. The maximum atomic E-state index is 14.5. The van der Waals surface area contributed by atoms with E-state index in [1.54, 1.807) is 0 Å². The third kappa shape index (κ3) is 5.53. The molecule has 2 unspecified atom stereocenters. The summed E-state index contributed by atoms with van der Waals surface area (Å²) in [5.41, 5.74) is 0. The number of rotatable bonds is 7. The van der Waals surface area contributed by atoms with E-state index >= 15 is 0 Å². The second kappa shape index (κ2) is 9.28. The molecule has 0 bridgehead atoms. The molecule has 0 heterocycles. The lowest BCUT2D eigenvalue weighted by Crippen LogP contribution is -2.28. The zero-order chi connectivity index (χ0) is 15.9. The lowest BCUT2D eigenvalue weighted by molar-refractivity contribution is 0.106. The summed E-state index contributed by atoms with van der Waals surface area (Å²) in [7, 11) is 0. The molecule has 0 spiro atoms. The molecule has 2 fully saturated rings. The molecule has 0 aromatic heterocycles. The summed E-state index contributed by atoms with van der Waals surface area (Å²) < 4.78 is 14.5. The lowest BCUT2D eigenvalue weighted by Gasteiger charge is -2.35. The molecular weight excluding hydrogens is 271 g/mol. The lowest BCUT2D eigenvalue weighted by atomic mass is 9.72. The van der Waals surface area contributed by atoms with Gasteiger partial charge in [-0.3, -0.25) is 0 Å². The zero-order valence-corrected chi connectivity index (χ0v) is 15.3. The Bertz CT molecular complexity index is 284. The highest BCUT2D eigenvalue weighted by atomic mass is 19.1. The Morgan fingerprint density at radius 3 is 1.95 bits per heavy atom. The van der Waals surface area contributed by atoms with Gasteiger partial charge in [0.1, 0.15) is 6.17 Å². The van der Waals surface area contributed by atoms with Crippen LogP contribution in [0.5, 0.6) is 0 Å². The molecule has 2 rings (SSSR count). The zero-order valence-electron chi connectivity index (χ0n) is 15.3. The quantitative estimate of drug-likeness (QED) is 0.467. The SMILES string of the molecule is CCC(F)C(CCCC1CCC(C)CC1)C1CCC(C)CC1. The number of hydrogen-bond donors (Lipinski definition) is 0. The van der Waals surface area contributed by atoms with Gasteiger partial charge < -0.3 is 0 Å². The number of alkyl halides is 1. The van der Waals surface area contributed by atoms with Gasteiger partial charge in [0.25, 0.3) is 0 Å². The van der Waals surface area contributed by atoms with Gasteiger partial charge >= 0.3 is 0 Å². The summed E-state index contributed by atoms with van der Waals surface area (Å²) in [4.78, 5) is 0. The summed E-state index contributed by atoms with van der Waals surface area (Å²) in [6.07, 6.45) is 14.9. The fourth-order valence-electron chi connectivity index (χ4n) is 4.99. The van der Waals surface area contributed by atoms with E-state index in [1.807, 2.05) is 6.92 Å². The van der Waals surface area contributed by atoms with Gasteiger partial charge in [-0.15, -0.1) is 0 Å². The minimum atomic E-state index is -0.551. The van der Waals surface area contributed by atoms with Crippen molar-refractivity contribution in [3.05, 3.63) is 0 Å². The molecule has 1 heteroatoms. The van der Waals surface area contributed by atoms with Crippen LogP contribution in [0.4, 0.5) is 4.39 Å². The molecule has 0 aromatic carbocycles. The maximum Gasteiger partial charge on any atom is 0.103 e. The standard InChI is InChI=1S/C21H39F/c1-4-21(22)20(19-14-10-17(3)11-15-19)7-5-6-18-12-8-16(2)9-13-18/h16-21H,4-15H2,1-3H3. The van der Waals surface area contributed by atoms with E-state index in [1.165, 1.54) is 64.2 Å². The van der Waals surface area contributed by atoms with Crippen LogP contribution >= 0.6 is 0 Å². The van der Waals surface area contributed by atoms with Crippen molar-refractivity contribution in [2.45, 2.75) is 104 Å². The van der Waals surface area contributed by atoms with Gasteiger partial charge in [0.05, 0.1) is 0 Å². The summed E-state index contributed by atoms with van der Waals surface area (Å²) in [6, 6.07) is 0. The molecule has 2 saturated carbocycles. The molecule has 22 heavy (non-hydrogen) atoms. The van der Waals surface area contributed by atoms with Crippen LogP contribution in [0.15, 0.2) is 0 Å². The van der Waals surface area contributed by atoms with Crippen molar-refractivity contribution in [1.29, 1.82) is 0 Å². The second-order valence-corrected chi connectivity index (χ2v) is 8.66. The molecule has 130 valence electrons. The minimum absolute atomic E-state index is 0.361. The van der Waals surface area contributed by atoms with E-state index in [2.05, 4.69) is 13.8 Å². The van der Waals surface area contributed by atoms with Crippen molar-refractivity contribution in [1.82, 2.24) is 0 Å². The van der Waals surface area contributed by atoms with Crippen molar-refractivity contribution >= 4 is 0 Å². The van der Waals surface area contributed by atoms with Crippen LogP contribution in [-0.4, -0.2) is 6.17 Å². The highest BCUT2D eigenvalue weighted by molar-refractivity contribution is 4.81. The van der Waals surface area contributed by atoms with Gasteiger partial charge in [0, 0.05) is 0 Å². The fraction of sp³-hybridized carbons (Fsp3) is 1.00. The Balaban J connectivity index is 1.75. The van der Waals surface area contributed by atoms with Crippen LogP contribution in [-0.2, 0) is 0 Å². The Kier molecular flexibility index (Phi) is 7.71. The number of halogens is 1. The van der Waals surface area contributed by atoms with Gasteiger partial charge in [0.2, 0.25) is 0 Å². The summed E-state index contributed by atoms with van der Waals surface area (Å²) in [6.45, 7) is 6.79. The summed E-state index contributed by atoms with van der Waals surface area (Å²) in [5.74, 6) is 3.81. The van der Waals surface area contributed by atoms with Gasteiger partial charge in [-0.2, -0.15) is 0 Å². The average molecular weight is 311 g/mol. The van der Waals surface area contributed by atoms with Gasteiger partial charge in [-0.1, -0.05) is 72.1 Å². The molecule has 2 aliphatic rings. The summed E-state index contributed by atoms with van der Waals surface area (Å²) in [5, 5.41) is 0. The van der Waals surface area contributed by atoms with Crippen molar-refractivity contribution in [3.8, 4) is 0 Å². The van der Waals surface area contributed by atoms with Crippen LogP contribution in [0.25, 0.3) is 0 Å². The topological polar surface area (TPSA) is 0 Å². The van der Waals surface area contributed by atoms with Crippen LogP contribution in [0.2, 0.25) is 0 Å². The Hall–Kier alpha value is -0.0700. The van der Waals surface area contributed by atoms with Gasteiger partial charge in [0.15, 0.2) is 0 Å². The minimum Gasteiger partial charge on any atom is -0.247 e. The van der Waals surface area contributed by atoms with Crippen LogP contribution in [0.3, 0.4) is 0 Å². The first kappa shape index (κ1) is 18.3. The molecule has 0 amide bonds. The largest absolute Gasteiger partial charge is 0.247 e. The summed E-state index contributed by atoms with van der Waals surface area (Å²) >= 11 is 0. The van der Waals surface area contributed by atoms with Crippen LogP contribution < -0.4 is 0 Å². The van der Waals surface area contributed by atoms with Crippen molar-refractivity contribution in [2.24, 2.45) is 29.6 Å². The van der Waals surface area contributed by atoms with Crippen molar-refractivity contribution < 1.29 is 4.39 Å². The fourth-order valence-corrected chi connectivity index (χ4v) is 4.99. The molecule has 0 radical (unpaired) electrons. The third-order valence-corrected chi connectivity index (χ3v) is 6.81. The number of hydrogen-bond acceptors (Lipinski definition) is 0. The maximum absolute atomic E-state index is 14.5. The molecular formula is C21H39F. The molecule has 0 aromatic rings. The molecule has 0 saturated heterocycles. The molecule has 2 atom stereocenters. The first-order chi connectivity index (χ1) is 10.6. The van der Waals surface area contributed by atoms with Crippen molar-refractivity contribution in [2.75, 3.05) is 0 Å². The first-order valence-electron chi connectivity index (χ1n) is 10.2. The van der Waals surface area contributed by atoms with E-state index in [-0.39, 0.29) is 0 Å². The average Bonchev–Trinajstić information content (AvgIpc) is 2.54. The normalized spacial score (nSPS) is 36.0. The van der Waals surface area contributed by atoms with Crippen molar-refractivity contribution in [3.63, 3.8) is 0 Å². The highest BCUT2D eigenvalue weighted by Gasteiger charge is 2.31. The van der Waals surface area contributed by atoms with Gasteiger partial charge in [-0.25, -0.2) is 4.39 Å². The Morgan fingerprint density at radius 2 is 1.41 bits per heavy atom. The predicted octanol–water partition coefficient (Wildman–Crippen LogP) is 7.17. The van der Waals surface area contributed by atoms with Crippen LogP contribution in [0.1, 0.15) is 97.8 Å². The van der Waals surface area contributed by atoms with E-state index < -0.39 is 6.17 Å². The van der Waals surface area contributed by atoms with Gasteiger partial charge in [-0.05, 0) is 55.3 Å². The molecule has 0 aliphatic heterocycles. The van der Waals surface area contributed by atoms with E-state index in [4.69, 9.17) is 0 Å². The Labute approximate surface area is 138 Å². The monoisotopic (exact) mass is 310 g/mol. The Morgan fingerprint density at radius 1 is 0.864 bits per heavy atom. The molecule has 0 N–H and O–H groups in total. The van der Waals surface area contributed by atoms with E-state index in [0.717, 1.165) is 30.6 Å². The van der Waals surface area contributed by atoms with E-state index in [9.17, 15) is 4.39 Å². The molecule has 2 aliphatic carbocycles. The second-order valence-electron chi connectivity index (χ2n) is 8.66. The third-order valence-electron chi connectivity index (χ3n) is 6.81. The van der Waals surface area contributed by atoms with E-state index in [0.29, 0.717) is 11.8 Å². The molecule has 0 nitrogen and oxygen atoms in total. The van der Waals surface area contributed by atoms with Crippen LogP contribution in [0, 0.1) is 29.6 Å². The predicted molar refractivity (Wildman–Crippen MR) is 94.8 cm³/mol. The highest BCUT2D eigenvalue weighted by Crippen LogP contribution is 2.39.